The number of aromatic nitrogens is 1. The first-order valence-corrected chi connectivity index (χ1v) is 11.1. The summed E-state index contributed by atoms with van der Waals surface area (Å²) in [6.07, 6.45) is 1.58. The molecule has 32 heavy (non-hydrogen) atoms. The maximum Gasteiger partial charge on any atom is 0.375 e. The van der Waals surface area contributed by atoms with Gasteiger partial charge in [-0.2, -0.15) is 0 Å². The summed E-state index contributed by atoms with van der Waals surface area (Å²) in [5.41, 5.74) is 1.32. The highest BCUT2D eigenvalue weighted by molar-refractivity contribution is 7.12. The Kier molecular flexibility index (Phi) is 6.91. The third-order valence-corrected chi connectivity index (χ3v) is 5.76. The number of carbonyl (C=O) groups is 2. The molecule has 0 aliphatic heterocycles. The molecule has 3 aromatic heterocycles. The summed E-state index contributed by atoms with van der Waals surface area (Å²) in [6.45, 7) is 0. The van der Waals surface area contributed by atoms with Gasteiger partial charge in [-0.15, -0.1) is 22.7 Å². The van der Waals surface area contributed by atoms with Crippen LogP contribution in [0.3, 0.4) is 0 Å². The molecule has 0 bridgehead atoms. The van der Waals surface area contributed by atoms with E-state index in [-0.39, 0.29) is 11.4 Å². The molecule has 0 amide bonds. The number of hydrogen-bond donors (Lipinski definition) is 0. The minimum atomic E-state index is -0.614. The maximum absolute atomic E-state index is 12.4. The Morgan fingerprint density at radius 1 is 0.688 bits per heavy atom. The monoisotopic (exact) mass is 461 g/mol. The fourth-order valence-corrected chi connectivity index (χ4v) is 3.79. The van der Waals surface area contributed by atoms with E-state index < -0.39 is 11.9 Å². The van der Waals surface area contributed by atoms with E-state index in [0.29, 0.717) is 21.0 Å². The van der Waals surface area contributed by atoms with E-state index in [2.05, 4.69) is 15.3 Å². The van der Waals surface area contributed by atoms with Crippen LogP contribution in [-0.2, 0) is 9.68 Å². The second kappa shape index (κ2) is 10.4. The summed E-state index contributed by atoms with van der Waals surface area (Å²) < 4.78 is 0. The third-order valence-electron chi connectivity index (χ3n) is 4.06. The average molecular weight is 462 g/mol. The van der Waals surface area contributed by atoms with E-state index in [0.717, 1.165) is 0 Å². The van der Waals surface area contributed by atoms with E-state index >= 15 is 0 Å². The van der Waals surface area contributed by atoms with E-state index in [9.17, 15) is 9.59 Å². The highest BCUT2D eigenvalue weighted by Crippen LogP contribution is 2.15. The van der Waals surface area contributed by atoms with Gasteiger partial charge in [0.1, 0.15) is 15.5 Å². The number of oxime groups is 2. The van der Waals surface area contributed by atoms with Crippen LogP contribution >= 0.6 is 22.7 Å². The second-order valence-corrected chi connectivity index (χ2v) is 8.07. The van der Waals surface area contributed by atoms with Crippen LogP contribution in [0, 0.1) is 0 Å². The van der Waals surface area contributed by atoms with Gasteiger partial charge < -0.3 is 9.68 Å². The van der Waals surface area contributed by atoms with Crippen LogP contribution < -0.4 is 0 Å². The molecule has 0 N–H and O–H groups in total. The van der Waals surface area contributed by atoms with Crippen LogP contribution in [0.4, 0.5) is 0 Å². The predicted octanol–water partition coefficient (Wildman–Crippen LogP) is 5.03. The van der Waals surface area contributed by atoms with Crippen LogP contribution in [0.15, 0.2) is 100 Å². The third kappa shape index (κ3) is 5.20. The van der Waals surface area contributed by atoms with Crippen molar-refractivity contribution in [2.24, 2.45) is 10.3 Å². The Bertz CT molecular complexity index is 1140. The van der Waals surface area contributed by atoms with Crippen LogP contribution in [0.5, 0.6) is 0 Å². The first kappa shape index (κ1) is 21.3. The Labute approximate surface area is 191 Å². The van der Waals surface area contributed by atoms with Gasteiger partial charge in [-0.25, -0.2) is 9.59 Å². The summed E-state index contributed by atoms with van der Waals surface area (Å²) in [6, 6.07) is 21.0. The predicted molar refractivity (Wildman–Crippen MR) is 123 cm³/mol. The van der Waals surface area contributed by atoms with Gasteiger partial charge in [-0.3, -0.25) is 4.98 Å². The molecule has 0 aliphatic carbocycles. The normalized spacial score (nSPS) is 11.8. The summed E-state index contributed by atoms with van der Waals surface area (Å²) >= 11 is 2.48. The van der Waals surface area contributed by atoms with Crippen molar-refractivity contribution in [3.05, 3.63) is 111 Å². The van der Waals surface area contributed by atoms with Crippen molar-refractivity contribution in [1.29, 1.82) is 0 Å². The van der Waals surface area contributed by atoms with Gasteiger partial charge >= 0.3 is 11.9 Å². The molecular formula is C23H15N3O4S2. The highest BCUT2D eigenvalue weighted by atomic mass is 32.1. The van der Waals surface area contributed by atoms with Crippen LogP contribution in [0.2, 0.25) is 0 Å². The molecule has 3 heterocycles. The van der Waals surface area contributed by atoms with E-state index in [1.807, 2.05) is 6.07 Å². The van der Waals surface area contributed by atoms with Gasteiger partial charge in [0.25, 0.3) is 0 Å². The van der Waals surface area contributed by atoms with Crippen LogP contribution in [-0.4, -0.2) is 28.3 Å². The molecule has 0 saturated carbocycles. The zero-order valence-electron chi connectivity index (χ0n) is 16.5. The Morgan fingerprint density at radius 2 is 1.28 bits per heavy atom. The largest absolute Gasteiger partial charge is 0.375 e. The molecular weight excluding hydrogens is 446 g/mol. The van der Waals surface area contributed by atoms with E-state index in [4.69, 9.17) is 9.68 Å². The molecule has 0 saturated heterocycles. The lowest BCUT2D eigenvalue weighted by molar-refractivity contribution is 0.0508. The second-order valence-electron chi connectivity index (χ2n) is 6.17. The van der Waals surface area contributed by atoms with Gasteiger partial charge in [-0.1, -0.05) is 58.8 Å². The first-order valence-electron chi connectivity index (χ1n) is 9.35. The highest BCUT2D eigenvalue weighted by Gasteiger charge is 2.20. The summed E-state index contributed by atoms with van der Waals surface area (Å²) in [7, 11) is 0. The van der Waals surface area contributed by atoms with Gasteiger partial charge in [0.05, 0.1) is 5.69 Å². The van der Waals surface area contributed by atoms with Crippen molar-refractivity contribution in [3.63, 3.8) is 0 Å². The molecule has 0 radical (unpaired) electrons. The van der Waals surface area contributed by atoms with Gasteiger partial charge in [0, 0.05) is 11.8 Å². The number of benzene rings is 1. The molecule has 4 aromatic rings. The maximum atomic E-state index is 12.4. The molecule has 7 nitrogen and oxygen atoms in total. The zero-order chi connectivity index (χ0) is 22.2. The fourth-order valence-electron chi connectivity index (χ4n) is 2.60. The lowest BCUT2D eigenvalue weighted by Gasteiger charge is -2.09. The topological polar surface area (TPSA) is 90.2 Å². The number of rotatable bonds is 7. The summed E-state index contributed by atoms with van der Waals surface area (Å²) in [5.74, 6) is -1.22. The lowest BCUT2D eigenvalue weighted by atomic mass is 10.0. The minimum Gasteiger partial charge on any atom is -0.311 e. The molecule has 4 rings (SSSR count). The van der Waals surface area contributed by atoms with Gasteiger partial charge in [0.2, 0.25) is 0 Å². The molecule has 0 unspecified atom stereocenters. The Hall–Kier alpha value is -3.95. The van der Waals surface area contributed by atoms with Crippen molar-refractivity contribution in [3.8, 4) is 0 Å². The minimum absolute atomic E-state index is 0.140. The molecule has 0 fully saturated rings. The Morgan fingerprint density at radius 3 is 1.81 bits per heavy atom. The SMILES string of the molecule is O=C(ON=C(C(=NOC(=O)c1cccs1)c1ccccn1)c1ccccc1)c1cccs1. The van der Waals surface area contributed by atoms with Crippen molar-refractivity contribution < 1.29 is 19.3 Å². The Balaban J connectivity index is 1.74. The standard InChI is InChI=1S/C23H15N3O4S2/c27-22(18-11-6-14-31-18)29-25-20(16-8-2-1-3-9-16)21(17-10-4-5-13-24-17)26-30-23(28)19-12-7-15-32-19/h1-15H. The van der Waals surface area contributed by atoms with Crippen molar-refractivity contribution in [2.75, 3.05) is 0 Å². The first-order chi connectivity index (χ1) is 15.7. The van der Waals surface area contributed by atoms with Crippen molar-refractivity contribution in [2.45, 2.75) is 0 Å². The zero-order valence-corrected chi connectivity index (χ0v) is 18.1. The molecule has 9 heteroatoms. The van der Waals surface area contributed by atoms with Crippen molar-refractivity contribution >= 4 is 46.0 Å². The molecule has 0 atom stereocenters. The summed E-state index contributed by atoms with van der Waals surface area (Å²) in [5, 5.41) is 11.7. The molecule has 1 aromatic carbocycles. The number of nitrogens with zero attached hydrogens (tertiary/aromatic N) is 3. The fraction of sp³-hybridized carbons (Fsp3) is 0. The summed E-state index contributed by atoms with van der Waals surface area (Å²) in [4.78, 5) is 40.2. The smallest absolute Gasteiger partial charge is 0.311 e. The average Bonchev–Trinajstić information content (AvgIpc) is 3.57. The quantitative estimate of drug-likeness (QED) is 0.219. The molecule has 0 aliphatic rings. The van der Waals surface area contributed by atoms with Crippen LogP contribution in [0.1, 0.15) is 30.6 Å². The molecule has 158 valence electrons. The van der Waals surface area contributed by atoms with Gasteiger partial charge in [-0.05, 0) is 35.0 Å². The number of carbonyl (C=O) groups excluding carboxylic acids is 2. The number of thiophene rings is 2. The van der Waals surface area contributed by atoms with E-state index in [1.165, 1.54) is 22.7 Å². The van der Waals surface area contributed by atoms with Gasteiger partial charge in [0.15, 0.2) is 5.71 Å². The van der Waals surface area contributed by atoms with Crippen LogP contribution in [0.25, 0.3) is 0 Å². The van der Waals surface area contributed by atoms with E-state index in [1.54, 1.807) is 83.7 Å². The lowest BCUT2D eigenvalue weighted by Crippen LogP contribution is -2.21. The number of hydrogen-bond acceptors (Lipinski definition) is 9. The molecule has 0 spiro atoms. The number of pyridine rings is 1. The van der Waals surface area contributed by atoms with Crippen molar-refractivity contribution in [1.82, 2.24) is 4.98 Å².